The quantitative estimate of drug-likeness (QED) is 0.552. The van der Waals surface area contributed by atoms with Crippen LogP contribution in [0.2, 0.25) is 0 Å². The lowest BCUT2D eigenvalue weighted by atomic mass is 9.86. The number of hydrogen-bond donors (Lipinski definition) is 1. The van der Waals surface area contributed by atoms with Crippen LogP contribution in [0.25, 0.3) is 11.0 Å². The van der Waals surface area contributed by atoms with Crippen molar-refractivity contribution in [1.29, 1.82) is 0 Å². The Labute approximate surface area is 130 Å². The van der Waals surface area contributed by atoms with Crippen molar-refractivity contribution in [2.45, 2.75) is 12.3 Å². The molecule has 0 fully saturated rings. The molecule has 0 saturated heterocycles. The molecule has 2 aromatic carbocycles. The Morgan fingerprint density at radius 1 is 1.00 bits per heavy atom. The van der Waals surface area contributed by atoms with Gasteiger partial charge in [0.25, 0.3) is 0 Å². The van der Waals surface area contributed by atoms with Crippen LogP contribution in [0.15, 0.2) is 57.7 Å². The second-order valence-electron chi connectivity index (χ2n) is 5.45. The first-order chi connectivity index (χ1) is 11.1. The summed E-state index contributed by atoms with van der Waals surface area (Å²) in [4.78, 5) is 24.5. The van der Waals surface area contributed by atoms with Crippen LogP contribution in [0.4, 0.5) is 0 Å². The van der Waals surface area contributed by atoms with Gasteiger partial charge in [-0.3, -0.25) is 4.79 Å². The Morgan fingerprint density at radius 3 is 2.52 bits per heavy atom. The van der Waals surface area contributed by atoms with E-state index in [1.807, 2.05) is 0 Å². The standard InChI is InChI=1S/C18H12O5/c19-11-7-5-10(6-8-11)13-9-15(20)23-17-12-3-1-2-4-14(12)22-18(21)16(13)17/h1-8,13,19H,9H2/t13-/m1/s1. The summed E-state index contributed by atoms with van der Waals surface area (Å²) < 4.78 is 10.7. The summed E-state index contributed by atoms with van der Waals surface area (Å²) in [5.74, 6) is -0.455. The molecule has 0 bridgehead atoms. The maximum atomic E-state index is 12.4. The molecular weight excluding hydrogens is 296 g/mol. The summed E-state index contributed by atoms with van der Waals surface area (Å²) in [5.41, 5.74) is 0.969. The van der Waals surface area contributed by atoms with E-state index in [2.05, 4.69) is 0 Å². The summed E-state index contributed by atoms with van der Waals surface area (Å²) in [6.45, 7) is 0. The highest BCUT2D eigenvalue weighted by Crippen LogP contribution is 2.40. The molecule has 5 heteroatoms. The van der Waals surface area contributed by atoms with E-state index in [1.54, 1.807) is 36.4 Å². The number of carbonyl (C=O) groups is 1. The third-order valence-corrected chi connectivity index (χ3v) is 4.03. The topological polar surface area (TPSA) is 76.7 Å². The van der Waals surface area contributed by atoms with Crippen LogP contribution in [-0.2, 0) is 4.79 Å². The van der Waals surface area contributed by atoms with Crippen LogP contribution in [0.3, 0.4) is 0 Å². The molecule has 0 unspecified atom stereocenters. The molecular formula is C18H12O5. The number of benzene rings is 2. The van der Waals surface area contributed by atoms with Gasteiger partial charge in [0.2, 0.25) is 0 Å². The zero-order valence-electron chi connectivity index (χ0n) is 12.0. The average molecular weight is 308 g/mol. The van der Waals surface area contributed by atoms with Crippen molar-refractivity contribution in [3.8, 4) is 11.5 Å². The van der Waals surface area contributed by atoms with Crippen molar-refractivity contribution in [1.82, 2.24) is 0 Å². The number of esters is 1. The van der Waals surface area contributed by atoms with Gasteiger partial charge >= 0.3 is 11.6 Å². The molecule has 0 saturated carbocycles. The van der Waals surface area contributed by atoms with Gasteiger partial charge in [-0.05, 0) is 29.8 Å². The van der Waals surface area contributed by atoms with Gasteiger partial charge in [0.15, 0.2) is 5.75 Å². The molecule has 1 atom stereocenters. The lowest BCUT2D eigenvalue weighted by molar-refractivity contribution is -0.135. The first-order valence-electron chi connectivity index (χ1n) is 7.19. The molecule has 0 amide bonds. The number of ether oxygens (including phenoxy) is 1. The van der Waals surface area contributed by atoms with Crippen LogP contribution in [0.5, 0.6) is 11.5 Å². The Morgan fingerprint density at radius 2 is 1.74 bits per heavy atom. The fourth-order valence-electron chi connectivity index (χ4n) is 2.96. The largest absolute Gasteiger partial charge is 0.508 e. The first-order valence-corrected chi connectivity index (χ1v) is 7.19. The molecule has 1 aromatic heterocycles. The summed E-state index contributed by atoms with van der Waals surface area (Å²) in [6, 6.07) is 13.4. The van der Waals surface area contributed by atoms with Crippen molar-refractivity contribution >= 4 is 16.9 Å². The summed E-state index contributed by atoms with van der Waals surface area (Å²) in [6.07, 6.45) is 0.0564. The van der Waals surface area contributed by atoms with Crippen LogP contribution in [0, 0.1) is 0 Å². The molecule has 0 aliphatic carbocycles. The fraction of sp³-hybridized carbons (Fsp3) is 0.111. The number of hydrogen-bond acceptors (Lipinski definition) is 5. The Bertz CT molecular complexity index is 969. The molecule has 5 nitrogen and oxygen atoms in total. The first kappa shape index (κ1) is 13.6. The predicted molar refractivity (Wildman–Crippen MR) is 82.7 cm³/mol. The Kier molecular flexibility index (Phi) is 2.94. The molecule has 0 spiro atoms. The Balaban J connectivity index is 2.00. The highest BCUT2D eigenvalue weighted by atomic mass is 16.5. The number of phenols is 1. The molecule has 114 valence electrons. The minimum Gasteiger partial charge on any atom is -0.508 e. The third-order valence-electron chi connectivity index (χ3n) is 4.03. The number of aromatic hydroxyl groups is 1. The molecule has 0 radical (unpaired) electrons. The van der Waals surface area contributed by atoms with Gasteiger partial charge in [-0.2, -0.15) is 0 Å². The number of fused-ring (bicyclic) bond motifs is 3. The smallest absolute Gasteiger partial charge is 0.343 e. The van der Waals surface area contributed by atoms with Crippen molar-refractivity contribution in [2.24, 2.45) is 0 Å². The maximum Gasteiger partial charge on any atom is 0.343 e. The fourth-order valence-corrected chi connectivity index (χ4v) is 2.96. The number of rotatable bonds is 1. The Hall–Kier alpha value is -3.08. The predicted octanol–water partition coefficient (Wildman–Crippen LogP) is 2.94. The van der Waals surface area contributed by atoms with E-state index in [9.17, 15) is 14.7 Å². The van der Waals surface area contributed by atoms with Crippen molar-refractivity contribution in [3.05, 3.63) is 70.1 Å². The van der Waals surface area contributed by atoms with Gasteiger partial charge in [0.05, 0.1) is 17.4 Å². The van der Waals surface area contributed by atoms with Gasteiger partial charge in [0.1, 0.15) is 11.3 Å². The highest BCUT2D eigenvalue weighted by Gasteiger charge is 2.33. The highest BCUT2D eigenvalue weighted by molar-refractivity contribution is 5.90. The normalized spacial score (nSPS) is 16.9. The maximum absolute atomic E-state index is 12.4. The molecule has 1 aliphatic heterocycles. The van der Waals surface area contributed by atoms with Gasteiger partial charge < -0.3 is 14.3 Å². The van der Waals surface area contributed by atoms with E-state index >= 15 is 0 Å². The minimum atomic E-state index is -0.510. The lowest BCUT2D eigenvalue weighted by Crippen LogP contribution is -2.26. The third kappa shape index (κ3) is 2.17. The molecule has 4 rings (SSSR count). The summed E-state index contributed by atoms with van der Waals surface area (Å²) >= 11 is 0. The van der Waals surface area contributed by atoms with Crippen molar-refractivity contribution < 1.29 is 19.1 Å². The van der Waals surface area contributed by atoms with Crippen LogP contribution in [0.1, 0.15) is 23.5 Å². The van der Waals surface area contributed by atoms with E-state index in [0.717, 1.165) is 5.56 Å². The molecule has 1 N–H and O–H groups in total. The second-order valence-corrected chi connectivity index (χ2v) is 5.45. The zero-order valence-corrected chi connectivity index (χ0v) is 12.0. The minimum absolute atomic E-state index is 0.0564. The van der Waals surface area contributed by atoms with E-state index in [-0.39, 0.29) is 17.9 Å². The molecule has 3 aromatic rings. The average Bonchev–Trinajstić information content (AvgIpc) is 2.55. The van der Waals surface area contributed by atoms with Crippen molar-refractivity contribution in [3.63, 3.8) is 0 Å². The van der Waals surface area contributed by atoms with E-state index < -0.39 is 17.5 Å². The van der Waals surface area contributed by atoms with E-state index in [1.165, 1.54) is 12.1 Å². The van der Waals surface area contributed by atoms with E-state index in [0.29, 0.717) is 16.5 Å². The summed E-state index contributed by atoms with van der Waals surface area (Å²) in [7, 11) is 0. The van der Waals surface area contributed by atoms with Crippen LogP contribution in [-0.4, -0.2) is 11.1 Å². The monoisotopic (exact) mass is 308 g/mol. The second kappa shape index (κ2) is 4.98. The summed E-state index contributed by atoms with van der Waals surface area (Å²) in [5, 5.41) is 10.0. The van der Waals surface area contributed by atoms with Gasteiger partial charge in [-0.15, -0.1) is 0 Å². The van der Waals surface area contributed by atoms with Crippen molar-refractivity contribution in [2.75, 3.05) is 0 Å². The molecule has 1 aliphatic rings. The molecule has 2 heterocycles. The zero-order chi connectivity index (χ0) is 16.0. The van der Waals surface area contributed by atoms with E-state index in [4.69, 9.17) is 9.15 Å². The van der Waals surface area contributed by atoms with Crippen LogP contribution < -0.4 is 10.4 Å². The number of carbonyl (C=O) groups excluding carboxylic acids is 1. The van der Waals surface area contributed by atoms with Gasteiger partial charge in [-0.1, -0.05) is 24.3 Å². The molecule has 23 heavy (non-hydrogen) atoms. The van der Waals surface area contributed by atoms with Gasteiger partial charge in [0, 0.05) is 5.92 Å². The van der Waals surface area contributed by atoms with Crippen LogP contribution >= 0.6 is 0 Å². The number of para-hydroxylation sites is 1. The SMILES string of the molecule is O=C1C[C@H](c2ccc(O)cc2)c2c(c3ccccc3oc2=O)O1. The number of phenolic OH excluding ortho intramolecular Hbond substituents is 1. The van der Waals surface area contributed by atoms with Gasteiger partial charge in [-0.25, -0.2) is 4.79 Å². The lowest BCUT2D eigenvalue weighted by Gasteiger charge is -2.24.